The van der Waals surface area contributed by atoms with Crippen LogP contribution < -0.4 is 0 Å². The summed E-state index contributed by atoms with van der Waals surface area (Å²) in [5.41, 5.74) is 0. The van der Waals surface area contributed by atoms with E-state index in [1.54, 1.807) is 7.11 Å². The molecule has 0 aliphatic heterocycles. The number of ether oxygens (including phenoxy) is 2. The largest absolute Gasteiger partial charge is 0.390 e. The number of rotatable bonds is 9. The Morgan fingerprint density at radius 3 is 2.65 bits per heavy atom. The maximum Gasteiger partial charge on any atom is 0.0863 e. The van der Waals surface area contributed by atoms with Gasteiger partial charge in [0.1, 0.15) is 0 Å². The minimum atomic E-state index is -0.347. The van der Waals surface area contributed by atoms with E-state index in [0.717, 1.165) is 11.7 Å². The van der Waals surface area contributed by atoms with Gasteiger partial charge in [0.05, 0.1) is 25.4 Å². The highest BCUT2D eigenvalue weighted by Crippen LogP contribution is 2.27. The van der Waals surface area contributed by atoms with Crippen LogP contribution in [0.15, 0.2) is 0 Å². The minimum Gasteiger partial charge on any atom is -0.390 e. The predicted molar refractivity (Wildman–Crippen MR) is 72.6 cm³/mol. The molecule has 1 aliphatic rings. The van der Waals surface area contributed by atoms with Crippen molar-refractivity contribution in [1.29, 1.82) is 0 Å². The van der Waals surface area contributed by atoms with E-state index in [4.69, 9.17) is 9.47 Å². The van der Waals surface area contributed by atoms with Crippen LogP contribution in [-0.4, -0.2) is 49.1 Å². The van der Waals surface area contributed by atoms with E-state index < -0.39 is 0 Å². The molecular formula is C13H26O3S. The lowest BCUT2D eigenvalue weighted by Crippen LogP contribution is -2.24. The zero-order chi connectivity index (χ0) is 12.5. The van der Waals surface area contributed by atoms with Crippen LogP contribution in [0.5, 0.6) is 0 Å². The number of aliphatic hydroxyl groups excluding tert-OH is 1. The third-order valence-electron chi connectivity index (χ3n) is 3.11. The first-order chi connectivity index (χ1) is 8.22. The van der Waals surface area contributed by atoms with Gasteiger partial charge in [0.15, 0.2) is 0 Å². The maximum absolute atomic E-state index is 9.75. The van der Waals surface area contributed by atoms with Crippen molar-refractivity contribution in [3.8, 4) is 0 Å². The Balaban J connectivity index is 1.94. The molecule has 3 nitrogen and oxygen atoms in total. The van der Waals surface area contributed by atoms with Crippen LogP contribution >= 0.6 is 11.8 Å². The highest BCUT2D eigenvalue weighted by Gasteiger charge is 2.15. The fraction of sp³-hybridized carbons (Fsp3) is 1.00. The Hall–Kier alpha value is 0.230. The van der Waals surface area contributed by atoms with Crippen molar-refractivity contribution in [3.05, 3.63) is 0 Å². The van der Waals surface area contributed by atoms with E-state index in [2.05, 4.69) is 0 Å². The van der Waals surface area contributed by atoms with Crippen LogP contribution in [0, 0.1) is 5.92 Å². The molecule has 2 atom stereocenters. The van der Waals surface area contributed by atoms with E-state index in [9.17, 15) is 5.11 Å². The molecule has 0 spiro atoms. The number of methoxy groups -OCH3 is 1. The predicted octanol–water partition coefficient (Wildman–Crippen LogP) is 2.32. The van der Waals surface area contributed by atoms with E-state index in [1.807, 2.05) is 18.7 Å². The second kappa shape index (κ2) is 9.20. The summed E-state index contributed by atoms with van der Waals surface area (Å²) in [6.45, 7) is 2.96. The summed E-state index contributed by atoms with van der Waals surface area (Å²) in [6, 6.07) is 0. The molecule has 17 heavy (non-hydrogen) atoms. The number of hydrogen-bond donors (Lipinski definition) is 1. The molecule has 0 aromatic heterocycles. The molecule has 0 aromatic carbocycles. The Kier molecular flexibility index (Phi) is 8.27. The van der Waals surface area contributed by atoms with Crippen molar-refractivity contribution >= 4 is 11.8 Å². The van der Waals surface area contributed by atoms with E-state index in [1.165, 1.54) is 31.4 Å². The topological polar surface area (TPSA) is 38.7 Å². The van der Waals surface area contributed by atoms with Gasteiger partial charge in [0, 0.05) is 12.9 Å². The van der Waals surface area contributed by atoms with Gasteiger partial charge in [-0.3, -0.25) is 0 Å². The molecule has 1 saturated carbocycles. The Morgan fingerprint density at radius 1 is 1.29 bits per heavy atom. The fourth-order valence-electron chi connectivity index (χ4n) is 2.15. The SMILES string of the molecule is COCC(C)OCC(O)CSCC1CCCC1. The van der Waals surface area contributed by atoms with Crippen LogP contribution in [0.4, 0.5) is 0 Å². The first kappa shape index (κ1) is 15.3. The van der Waals surface area contributed by atoms with E-state index >= 15 is 0 Å². The Bertz CT molecular complexity index is 184. The van der Waals surface area contributed by atoms with Crippen molar-refractivity contribution in [1.82, 2.24) is 0 Å². The average molecular weight is 262 g/mol. The summed E-state index contributed by atoms with van der Waals surface area (Å²) in [5.74, 6) is 2.88. The lowest BCUT2D eigenvalue weighted by molar-refractivity contribution is -0.0257. The third kappa shape index (κ3) is 7.29. The first-order valence-corrected chi connectivity index (χ1v) is 7.74. The molecule has 1 rings (SSSR count). The number of hydrogen-bond acceptors (Lipinski definition) is 4. The van der Waals surface area contributed by atoms with Gasteiger partial charge < -0.3 is 14.6 Å². The van der Waals surface area contributed by atoms with Crippen LogP contribution in [-0.2, 0) is 9.47 Å². The normalized spacial score (nSPS) is 20.6. The molecule has 0 amide bonds. The molecule has 102 valence electrons. The molecular weight excluding hydrogens is 236 g/mol. The number of aliphatic hydroxyl groups is 1. The average Bonchev–Trinajstić information content (AvgIpc) is 2.80. The summed E-state index contributed by atoms with van der Waals surface area (Å²) in [6.07, 6.45) is 5.27. The standard InChI is InChI=1S/C13H26O3S/c1-11(7-15-2)16-8-13(14)10-17-9-12-5-3-4-6-12/h11-14H,3-10H2,1-2H3. The fourth-order valence-corrected chi connectivity index (χ4v) is 3.33. The summed E-state index contributed by atoms with van der Waals surface area (Å²) in [4.78, 5) is 0. The van der Waals surface area contributed by atoms with Crippen molar-refractivity contribution in [2.75, 3.05) is 31.8 Å². The molecule has 0 radical (unpaired) electrons. The number of thioether (sulfide) groups is 1. The third-order valence-corrected chi connectivity index (χ3v) is 4.44. The van der Waals surface area contributed by atoms with Gasteiger partial charge in [-0.05, 0) is 31.4 Å². The van der Waals surface area contributed by atoms with E-state index in [0.29, 0.717) is 13.2 Å². The molecule has 0 bridgehead atoms. The summed E-state index contributed by atoms with van der Waals surface area (Å²) >= 11 is 1.86. The maximum atomic E-state index is 9.75. The van der Waals surface area contributed by atoms with Gasteiger partial charge in [-0.1, -0.05) is 12.8 Å². The molecule has 0 saturated heterocycles. The highest BCUT2D eigenvalue weighted by molar-refractivity contribution is 7.99. The second-order valence-electron chi connectivity index (χ2n) is 4.94. The van der Waals surface area contributed by atoms with Crippen LogP contribution in [0.3, 0.4) is 0 Å². The minimum absolute atomic E-state index is 0.0643. The van der Waals surface area contributed by atoms with Crippen molar-refractivity contribution in [2.45, 2.75) is 44.8 Å². The van der Waals surface area contributed by atoms with Crippen molar-refractivity contribution in [3.63, 3.8) is 0 Å². The molecule has 0 aromatic rings. The zero-order valence-corrected chi connectivity index (χ0v) is 11.9. The molecule has 4 heteroatoms. The molecule has 2 unspecified atom stereocenters. The van der Waals surface area contributed by atoms with Gasteiger partial charge in [0.25, 0.3) is 0 Å². The molecule has 1 N–H and O–H groups in total. The summed E-state index contributed by atoms with van der Waals surface area (Å²) in [7, 11) is 1.66. The van der Waals surface area contributed by atoms with Crippen molar-refractivity contribution in [2.24, 2.45) is 5.92 Å². The van der Waals surface area contributed by atoms with Gasteiger partial charge in [0.2, 0.25) is 0 Å². The Labute approximate surface area is 109 Å². The van der Waals surface area contributed by atoms with Gasteiger partial charge >= 0.3 is 0 Å². The lowest BCUT2D eigenvalue weighted by atomic mass is 10.1. The molecule has 1 aliphatic carbocycles. The van der Waals surface area contributed by atoms with Gasteiger partial charge in [-0.15, -0.1) is 0 Å². The quantitative estimate of drug-likeness (QED) is 0.692. The first-order valence-electron chi connectivity index (χ1n) is 6.58. The monoisotopic (exact) mass is 262 g/mol. The van der Waals surface area contributed by atoms with Crippen LogP contribution in [0.1, 0.15) is 32.6 Å². The Morgan fingerprint density at radius 2 is 2.00 bits per heavy atom. The molecule has 1 fully saturated rings. The van der Waals surface area contributed by atoms with Gasteiger partial charge in [-0.2, -0.15) is 11.8 Å². The van der Waals surface area contributed by atoms with Crippen molar-refractivity contribution < 1.29 is 14.6 Å². The lowest BCUT2D eigenvalue weighted by Gasteiger charge is -2.16. The smallest absolute Gasteiger partial charge is 0.0863 e. The zero-order valence-electron chi connectivity index (χ0n) is 11.1. The van der Waals surface area contributed by atoms with Crippen LogP contribution in [0.25, 0.3) is 0 Å². The highest BCUT2D eigenvalue weighted by atomic mass is 32.2. The molecule has 0 heterocycles. The van der Waals surface area contributed by atoms with Gasteiger partial charge in [-0.25, -0.2) is 0 Å². The summed E-state index contributed by atoms with van der Waals surface area (Å²) < 4.78 is 10.5. The second-order valence-corrected chi connectivity index (χ2v) is 6.02. The van der Waals surface area contributed by atoms with Crippen LogP contribution in [0.2, 0.25) is 0 Å². The summed E-state index contributed by atoms with van der Waals surface area (Å²) in [5, 5.41) is 9.75. The van der Waals surface area contributed by atoms with E-state index in [-0.39, 0.29) is 12.2 Å².